The van der Waals surface area contributed by atoms with Crippen LogP contribution in [0.15, 0.2) is 43.1 Å². The topological polar surface area (TPSA) is 87.1 Å². The minimum absolute atomic E-state index is 0.00988. The van der Waals surface area contributed by atoms with Crippen LogP contribution in [0.5, 0.6) is 0 Å². The van der Waals surface area contributed by atoms with Crippen molar-refractivity contribution < 1.29 is 14.0 Å². The highest BCUT2D eigenvalue weighted by Crippen LogP contribution is 2.41. The molecule has 156 valence electrons. The summed E-state index contributed by atoms with van der Waals surface area (Å²) < 4.78 is 23.9. The molecule has 7 heteroatoms. The summed E-state index contributed by atoms with van der Waals surface area (Å²) in [7, 11) is 0. The number of aromatic nitrogens is 2. The first-order valence-corrected chi connectivity index (χ1v) is 10.7. The number of hydrogen-bond acceptors (Lipinski definition) is 6. The van der Waals surface area contributed by atoms with Gasteiger partial charge in [0.15, 0.2) is 0 Å². The van der Waals surface area contributed by atoms with Gasteiger partial charge in [-0.3, -0.25) is 9.78 Å². The number of amides is 1. The number of anilines is 1. The molecule has 0 radical (unpaired) electrons. The molecule has 0 spiro atoms. The normalized spacial score (nSPS) is 18.8. The predicted octanol–water partition coefficient (Wildman–Crippen LogP) is 4.75. The summed E-state index contributed by atoms with van der Waals surface area (Å²) in [4.78, 5) is 22.3. The molecule has 0 aliphatic carbocycles. The number of fused-ring (bicyclic) bond motifs is 5. The molecule has 2 atom stereocenters. The first-order valence-electron chi connectivity index (χ1n) is 11.4. The number of thiophene rings is 1. The van der Waals surface area contributed by atoms with Gasteiger partial charge in [0, 0.05) is 49.5 Å². The van der Waals surface area contributed by atoms with Crippen LogP contribution in [0.4, 0.5) is 5.69 Å². The Hall–Kier alpha value is -3.29. The fourth-order valence-corrected chi connectivity index (χ4v) is 5.01. The standard InChI is InChI=1S/C24H22N4O2S/c1-4-14-9-16(17(11-25-14)13(3)29)19-6-5-15-18(28-19)7-8-20-21(15)22-23(31-20)24(30)27-12(2)10-26-22/h4-9,11-13,26,29H,1,10H2,2-3H3,(H,27,30)/t12-,13?/m1/s1/i3D3. The summed E-state index contributed by atoms with van der Waals surface area (Å²) in [6, 6.07) is 9.21. The Bertz CT molecular complexity index is 1460. The molecule has 4 heterocycles. The molecule has 4 aromatic rings. The maximum Gasteiger partial charge on any atom is 0.263 e. The number of nitrogens with zero attached hydrogens (tertiary/aromatic N) is 2. The van der Waals surface area contributed by atoms with Crippen LogP contribution in [0.1, 0.15) is 44.9 Å². The molecule has 1 unspecified atom stereocenters. The Kier molecular flexibility index (Phi) is 3.94. The first kappa shape index (κ1) is 16.4. The zero-order chi connectivity index (χ0) is 24.2. The van der Waals surface area contributed by atoms with Crippen molar-refractivity contribution in [3.8, 4) is 11.3 Å². The van der Waals surface area contributed by atoms with E-state index >= 15 is 0 Å². The van der Waals surface area contributed by atoms with Crippen molar-refractivity contribution in [3.63, 3.8) is 0 Å². The number of carbonyl (C=O) groups excluding carboxylic acids is 1. The number of benzene rings is 1. The number of aliphatic hydroxyl groups excluding tert-OH is 1. The molecule has 1 aliphatic rings. The van der Waals surface area contributed by atoms with E-state index in [1.165, 1.54) is 17.5 Å². The lowest BCUT2D eigenvalue weighted by Crippen LogP contribution is -2.34. The molecule has 31 heavy (non-hydrogen) atoms. The highest BCUT2D eigenvalue weighted by molar-refractivity contribution is 7.21. The van der Waals surface area contributed by atoms with Gasteiger partial charge in [-0.05, 0) is 50.2 Å². The number of carbonyl (C=O) groups is 1. The monoisotopic (exact) mass is 433 g/mol. The molecule has 0 saturated heterocycles. The fourth-order valence-electron chi connectivity index (χ4n) is 3.91. The summed E-state index contributed by atoms with van der Waals surface area (Å²) in [5, 5.41) is 18.7. The number of nitrogens with one attached hydrogen (secondary N) is 2. The third-order valence-corrected chi connectivity index (χ3v) is 6.58. The van der Waals surface area contributed by atoms with E-state index in [1.807, 2.05) is 25.1 Å². The fraction of sp³-hybridized carbons (Fsp3) is 0.208. The third-order valence-electron chi connectivity index (χ3n) is 5.43. The van der Waals surface area contributed by atoms with Crippen LogP contribution in [0, 0.1) is 0 Å². The Morgan fingerprint density at radius 1 is 1.39 bits per heavy atom. The van der Waals surface area contributed by atoms with Crippen LogP contribution in [0.3, 0.4) is 0 Å². The SMILES string of the molecule is [2H]C([2H])([2H])C(O)c1cnc(C=C)cc1-c1ccc2c(ccc3sc4c(c32)NC[C@@H](C)NC4=O)n1. The second kappa shape index (κ2) is 7.44. The number of aliphatic hydroxyl groups is 1. The minimum atomic E-state index is -2.60. The van der Waals surface area contributed by atoms with Crippen molar-refractivity contribution >= 4 is 50.0 Å². The number of hydrogen-bond donors (Lipinski definition) is 3. The van der Waals surface area contributed by atoms with Crippen LogP contribution in [-0.4, -0.2) is 33.6 Å². The van der Waals surface area contributed by atoms with Gasteiger partial charge in [0.2, 0.25) is 0 Å². The molecule has 0 bridgehead atoms. The highest BCUT2D eigenvalue weighted by atomic mass is 32.1. The Labute approximate surface area is 187 Å². The van der Waals surface area contributed by atoms with Gasteiger partial charge >= 0.3 is 0 Å². The highest BCUT2D eigenvalue weighted by Gasteiger charge is 2.25. The van der Waals surface area contributed by atoms with E-state index in [-0.39, 0.29) is 17.5 Å². The predicted molar refractivity (Wildman–Crippen MR) is 126 cm³/mol. The molecule has 6 nitrogen and oxygen atoms in total. The Morgan fingerprint density at radius 3 is 3.06 bits per heavy atom. The quantitative estimate of drug-likeness (QED) is 0.434. The van der Waals surface area contributed by atoms with E-state index in [0.29, 0.717) is 33.9 Å². The largest absolute Gasteiger partial charge is 0.389 e. The van der Waals surface area contributed by atoms with Crippen LogP contribution >= 0.6 is 11.3 Å². The summed E-state index contributed by atoms with van der Waals surface area (Å²) in [6.45, 7) is 3.69. The summed E-state index contributed by atoms with van der Waals surface area (Å²) >= 11 is 1.44. The van der Waals surface area contributed by atoms with Crippen LogP contribution in [0.2, 0.25) is 0 Å². The smallest absolute Gasteiger partial charge is 0.263 e. The van der Waals surface area contributed by atoms with Crippen LogP contribution in [0.25, 0.3) is 38.3 Å². The van der Waals surface area contributed by atoms with Crippen LogP contribution < -0.4 is 10.6 Å². The molecular weight excluding hydrogens is 408 g/mol. The molecule has 5 rings (SSSR count). The summed E-state index contributed by atoms with van der Waals surface area (Å²) in [5.74, 6) is -0.0940. The van der Waals surface area contributed by atoms with Crippen molar-refractivity contribution in [2.45, 2.75) is 25.9 Å². The first-order chi connectivity index (χ1) is 16.2. The van der Waals surface area contributed by atoms with Gasteiger partial charge in [0.1, 0.15) is 4.88 Å². The van der Waals surface area contributed by atoms with Crippen molar-refractivity contribution in [3.05, 3.63) is 59.2 Å². The van der Waals surface area contributed by atoms with Crippen LogP contribution in [-0.2, 0) is 0 Å². The molecule has 1 amide bonds. The number of rotatable bonds is 3. The van der Waals surface area contributed by atoms with Crippen molar-refractivity contribution in [2.75, 3.05) is 11.9 Å². The summed E-state index contributed by atoms with van der Waals surface area (Å²) in [5.41, 5.74) is 3.20. The zero-order valence-corrected chi connectivity index (χ0v) is 17.6. The maximum atomic E-state index is 12.7. The molecule has 3 N–H and O–H groups in total. The van der Waals surface area contributed by atoms with Gasteiger partial charge in [-0.25, -0.2) is 4.98 Å². The molecule has 1 aromatic carbocycles. The van der Waals surface area contributed by atoms with Gasteiger partial charge < -0.3 is 15.7 Å². The van der Waals surface area contributed by atoms with E-state index in [9.17, 15) is 9.90 Å². The van der Waals surface area contributed by atoms with E-state index in [0.717, 1.165) is 21.2 Å². The lowest BCUT2D eigenvalue weighted by molar-refractivity contribution is 0.0949. The lowest BCUT2D eigenvalue weighted by atomic mass is 10.00. The van der Waals surface area contributed by atoms with E-state index < -0.39 is 13.0 Å². The average Bonchev–Trinajstić information content (AvgIpc) is 3.13. The van der Waals surface area contributed by atoms with Gasteiger partial charge in [-0.2, -0.15) is 0 Å². The molecule has 1 aliphatic heterocycles. The van der Waals surface area contributed by atoms with Gasteiger partial charge in [-0.1, -0.05) is 6.58 Å². The summed E-state index contributed by atoms with van der Waals surface area (Å²) in [6.07, 6.45) is 1.21. The molecular formula is C24H22N4O2S. The molecule has 0 fully saturated rings. The molecule has 3 aromatic heterocycles. The second-order valence-electron chi connectivity index (χ2n) is 7.57. The third kappa shape index (κ3) is 3.26. The maximum absolute atomic E-state index is 12.7. The zero-order valence-electron chi connectivity index (χ0n) is 19.8. The van der Waals surface area contributed by atoms with E-state index in [4.69, 9.17) is 9.10 Å². The van der Waals surface area contributed by atoms with E-state index in [2.05, 4.69) is 22.2 Å². The van der Waals surface area contributed by atoms with Crippen molar-refractivity contribution in [2.24, 2.45) is 0 Å². The van der Waals surface area contributed by atoms with Gasteiger partial charge in [-0.15, -0.1) is 11.3 Å². The lowest BCUT2D eigenvalue weighted by Gasteiger charge is -2.13. The Morgan fingerprint density at radius 2 is 2.26 bits per heavy atom. The second-order valence-corrected chi connectivity index (χ2v) is 8.62. The van der Waals surface area contributed by atoms with Crippen molar-refractivity contribution in [1.82, 2.24) is 15.3 Å². The number of pyridine rings is 2. The molecule has 0 saturated carbocycles. The van der Waals surface area contributed by atoms with E-state index in [1.54, 1.807) is 18.2 Å². The minimum Gasteiger partial charge on any atom is -0.389 e. The van der Waals surface area contributed by atoms with Gasteiger partial charge in [0.25, 0.3) is 5.91 Å². The Balaban J connectivity index is 1.70. The van der Waals surface area contributed by atoms with Crippen molar-refractivity contribution in [1.29, 1.82) is 0 Å². The van der Waals surface area contributed by atoms with Gasteiger partial charge in [0.05, 0.1) is 28.7 Å². The average molecular weight is 434 g/mol.